The zero-order chi connectivity index (χ0) is 33.0. The Labute approximate surface area is 271 Å². The van der Waals surface area contributed by atoms with Gasteiger partial charge >= 0.3 is 0 Å². The van der Waals surface area contributed by atoms with Crippen molar-refractivity contribution in [1.82, 2.24) is 24.8 Å². The quantitative estimate of drug-likeness (QED) is 0.222. The Morgan fingerprint density at radius 1 is 1.13 bits per heavy atom. The Morgan fingerprint density at radius 2 is 1.87 bits per heavy atom. The summed E-state index contributed by atoms with van der Waals surface area (Å²) in [6.07, 6.45) is 11.1. The molecular weight excluding hydrogens is 603 g/mol. The van der Waals surface area contributed by atoms with Gasteiger partial charge in [0.1, 0.15) is 34.3 Å². The number of likely N-dealkylation sites (tertiary alicyclic amines) is 1. The summed E-state index contributed by atoms with van der Waals surface area (Å²) in [4.78, 5) is 43.4. The second kappa shape index (κ2) is 14.0. The van der Waals surface area contributed by atoms with Gasteiger partial charge in [0.05, 0.1) is 24.0 Å². The monoisotopic (exact) mass is 638 g/mol. The van der Waals surface area contributed by atoms with Gasteiger partial charge in [-0.3, -0.25) is 14.8 Å². The van der Waals surface area contributed by atoms with Crippen LogP contribution in [-0.2, 0) is 11.2 Å². The summed E-state index contributed by atoms with van der Waals surface area (Å²) in [6, 6.07) is 7.93. The second-order valence-corrected chi connectivity index (χ2v) is 12.2. The lowest BCUT2D eigenvalue weighted by Crippen LogP contribution is -2.53. The molecule has 1 amide bonds. The molecule has 0 bridgehead atoms. The van der Waals surface area contributed by atoms with E-state index in [1.54, 1.807) is 29.4 Å². The second-order valence-electron chi connectivity index (χ2n) is 11.2. The number of allylic oxidation sites excluding steroid dienone is 5. The van der Waals surface area contributed by atoms with Gasteiger partial charge in [0.2, 0.25) is 5.91 Å². The van der Waals surface area contributed by atoms with Crippen LogP contribution in [0.5, 0.6) is 0 Å². The van der Waals surface area contributed by atoms with Crippen molar-refractivity contribution in [3.8, 4) is 17.3 Å². The molecule has 12 heteroatoms. The number of carbonyl (C=O) groups is 1. The number of aromatic nitrogens is 3. The molecule has 0 spiro atoms. The lowest BCUT2D eigenvalue weighted by atomic mass is 10.0. The van der Waals surface area contributed by atoms with Gasteiger partial charge in [0.15, 0.2) is 5.13 Å². The minimum Gasteiger partial charge on any atom is -0.338 e. The Balaban J connectivity index is 1.48. The van der Waals surface area contributed by atoms with Gasteiger partial charge in [-0.15, -0.1) is 0 Å². The van der Waals surface area contributed by atoms with E-state index in [9.17, 15) is 19.4 Å². The summed E-state index contributed by atoms with van der Waals surface area (Å²) in [5.41, 5.74) is 6.52. The van der Waals surface area contributed by atoms with Crippen LogP contribution in [0.2, 0.25) is 0 Å². The van der Waals surface area contributed by atoms with E-state index in [1.165, 1.54) is 29.0 Å². The predicted octanol–water partition coefficient (Wildman–Crippen LogP) is 6.81. The van der Waals surface area contributed by atoms with Crippen LogP contribution in [-0.4, -0.2) is 56.8 Å². The third-order valence-electron chi connectivity index (χ3n) is 8.19. The van der Waals surface area contributed by atoms with Crippen LogP contribution in [0.4, 0.5) is 9.52 Å². The number of amides is 1. The summed E-state index contributed by atoms with van der Waals surface area (Å²) in [5.74, 6) is 0.437. The minimum absolute atomic E-state index is 0.105. The number of benzene rings is 1. The van der Waals surface area contributed by atoms with E-state index in [-0.39, 0.29) is 24.2 Å². The molecule has 1 saturated heterocycles. The van der Waals surface area contributed by atoms with Gasteiger partial charge < -0.3 is 14.7 Å². The van der Waals surface area contributed by atoms with Gasteiger partial charge in [0.25, 0.3) is 0 Å². The smallest absolute Gasteiger partial charge is 0.228 e. The molecule has 0 saturated carbocycles. The Kier molecular flexibility index (Phi) is 9.82. The number of thiazole rings is 1. The first-order valence-electron chi connectivity index (χ1n) is 15.1. The topological polar surface area (TPSA) is 119 Å². The van der Waals surface area contributed by atoms with Crippen LogP contribution in [0.3, 0.4) is 0 Å². The highest BCUT2D eigenvalue weighted by atomic mass is 32.1. The zero-order valence-electron chi connectivity index (χ0n) is 26.5. The number of nitroso groups, excluding NO2 is 1. The first-order valence-corrected chi connectivity index (χ1v) is 15.9. The van der Waals surface area contributed by atoms with Crippen LogP contribution in [0.1, 0.15) is 56.8 Å². The summed E-state index contributed by atoms with van der Waals surface area (Å²) >= 11 is 1.29. The number of hydrogen-bond acceptors (Lipinski definition) is 10. The van der Waals surface area contributed by atoms with E-state index >= 15 is 0 Å². The van der Waals surface area contributed by atoms with Crippen molar-refractivity contribution in [2.45, 2.75) is 53.0 Å². The van der Waals surface area contributed by atoms with E-state index < -0.39 is 0 Å². The van der Waals surface area contributed by atoms with Crippen molar-refractivity contribution in [2.24, 2.45) is 5.18 Å². The molecule has 0 atom stereocenters. The molecule has 1 aromatic carbocycles. The molecule has 4 heterocycles. The zero-order valence-corrected chi connectivity index (χ0v) is 27.3. The average Bonchev–Trinajstić information content (AvgIpc) is 3.49. The van der Waals surface area contributed by atoms with E-state index in [2.05, 4.69) is 59.9 Å². The van der Waals surface area contributed by atoms with Gasteiger partial charge in [-0.2, -0.15) is 10.2 Å². The highest BCUT2D eigenvalue weighted by molar-refractivity contribution is 7.16. The summed E-state index contributed by atoms with van der Waals surface area (Å²) in [7, 11) is 1.94. The molecule has 10 nitrogen and oxygen atoms in total. The lowest BCUT2D eigenvalue weighted by molar-refractivity contribution is -0.134. The van der Waals surface area contributed by atoms with E-state index in [0.717, 1.165) is 35.5 Å². The number of halogens is 1. The van der Waals surface area contributed by atoms with Crippen molar-refractivity contribution in [1.29, 1.82) is 5.26 Å². The Morgan fingerprint density at radius 3 is 2.48 bits per heavy atom. The maximum Gasteiger partial charge on any atom is 0.228 e. The summed E-state index contributed by atoms with van der Waals surface area (Å²) < 4.78 is 13.6. The predicted molar refractivity (Wildman–Crippen MR) is 177 cm³/mol. The van der Waals surface area contributed by atoms with Crippen LogP contribution in [0, 0.1) is 22.1 Å². The van der Waals surface area contributed by atoms with E-state index in [0.29, 0.717) is 45.7 Å². The number of nitrogens with zero attached hydrogens (tertiary/aromatic N) is 8. The highest BCUT2D eigenvalue weighted by Crippen LogP contribution is 2.38. The first-order chi connectivity index (χ1) is 22.2. The molecule has 236 valence electrons. The first kappa shape index (κ1) is 32.4. The van der Waals surface area contributed by atoms with Crippen LogP contribution >= 0.6 is 11.3 Å². The number of hydrogen-bond donors (Lipinski definition) is 0. The lowest BCUT2D eigenvalue weighted by Gasteiger charge is -2.35. The molecule has 46 heavy (non-hydrogen) atoms. The third-order valence-corrected chi connectivity index (χ3v) is 9.23. The fourth-order valence-electron chi connectivity index (χ4n) is 5.18. The van der Waals surface area contributed by atoms with Gasteiger partial charge in [-0.25, -0.2) is 9.37 Å². The van der Waals surface area contributed by atoms with Crippen molar-refractivity contribution in [3.05, 3.63) is 105 Å². The molecule has 0 aliphatic carbocycles. The number of nitriles is 1. The SMILES string of the molecule is CC/C(C)=C1/C=CC(c2cnc(CC(=O)N3CC(N=O)C3)cn2)=CN1/C(=C(\C)CC)N(C)c1nc(-c2ccc(F)cc2)c(C#N)s1. The third kappa shape index (κ3) is 6.65. The molecule has 0 radical (unpaired) electrons. The van der Waals surface area contributed by atoms with Gasteiger partial charge in [-0.05, 0) is 74.3 Å². The molecule has 2 aliphatic rings. The number of anilines is 1. The molecule has 0 unspecified atom stereocenters. The highest BCUT2D eigenvalue weighted by Gasteiger charge is 2.31. The van der Waals surface area contributed by atoms with Gasteiger partial charge in [0, 0.05) is 49.4 Å². The molecule has 3 aromatic rings. The Bertz CT molecular complexity index is 1800. The molecule has 2 aromatic heterocycles. The summed E-state index contributed by atoms with van der Waals surface area (Å²) in [5, 5.41) is 13.5. The van der Waals surface area contributed by atoms with Crippen molar-refractivity contribution >= 4 is 27.9 Å². The summed E-state index contributed by atoms with van der Waals surface area (Å²) in [6.45, 7) is 9.09. The minimum atomic E-state index is -0.351. The number of rotatable bonds is 10. The largest absolute Gasteiger partial charge is 0.338 e. The van der Waals surface area contributed by atoms with Crippen molar-refractivity contribution in [3.63, 3.8) is 0 Å². The fourth-order valence-corrected chi connectivity index (χ4v) is 6.03. The van der Waals surface area contributed by atoms with Crippen molar-refractivity contribution in [2.75, 3.05) is 25.0 Å². The molecule has 2 aliphatic heterocycles. The van der Waals surface area contributed by atoms with Crippen LogP contribution < -0.4 is 4.90 Å². The average molecular weight is 639 g/mol. The standard InChI is InChI=1S/C34H35FN8O2S/c1-6-21(3)29-13-10-24(28-17-37-26(16-38-28)14-31(44)42-19-27(20-42)40-45)18-43(29)33(22(4)7-2)41(5)34-39-32(30(15-36)46-34)23-8-11-25(35)12-9-23/h8-13,16-18,27H,6-7,14,19-20H2,1-5H3/b29-21-,33-22+. The van der Waals surface area contributed by atoms with Gasteiger partial charge in [-0.1, -0.05) is 30.4 Å². The molecule has 0 N–H and O–H groups in total. The van der Waals surface area contributed by atoms with E-state index in [1.807, 2.05) is 24.2 Å². The normalized spacial score (nSPS) is 16.3. The molecule has 1 fully saturated rings. The fraction of sp³-hybridized carbons (Fsp3) is 0.324. The molecular formula is C34H35FN8O2S. The van der Waals surface area contributed by atoms with Crippen LogP contribution in [0.15, 0.2) is 82.9 Å². The number of carbonyl (C=O) groups excluding carboxylic acids is 1. The maximum absolute atomic E-state index is 13.6. The maximum atomic E-state index is 13.6. The molecule has 5 rings (SSSR count). The van der Waals surface area contributed by atoms with Crippen molar-refractivity contribution < 1.29 is 9.18 Å². The van der Waals surface area contributed by atoms with E-state index in [4.69, 9.17) is 4.98 Å². The Hall–Kier alpha value is -5.02. The van der Waals surface area contributed by atoms with Crippen LogP contribution in [0.25, 0.3) is 16.8 Å².